The molecule has 4 aromatic rings. The Kier molecular flexibility index (Phi) is 11.3. The van der Waals surface area contributed by atoms with Gasteiger partial charge in [0.1, 0.15) is 18.2 Å². The molecule has 45 heavy (non-hydrogen) atoms. The maximum Gasteiger partial charge on any atom is 0.410 e. The van der Waals surface area contributed by atoms with Crippen LogP contribution in [0.1, 0.15) is 37.5 Å². The van der Waals surface area contributed by atoms with E-state index >= 15 is 0 Å². The largest absolute Gasteiger partial charge is 0.445 e. The molecular weight excluding hydrogens is 570 g/mol. The predicted molar refractivity (Wildman–Crippen MR) is 172 cm³/mol. The molecule has 234 valence electrons. The molecule has 0 spiro atoms. The van der Waals surface area contributed by atoms with Gasteiger partial charge >= 0.3 is 12.2 Å². The number of fused-ring (bicyclic) bond motifs is 1. The average molecular weight is 610 g/mol. The van der Waals surface area contributed by atoms with Gasteiger partial charge in [-0.1, -0.05) is 103 Å². The molecule has 0 fully saturated rings. The summed E-state index contributed by atoms with van der Waals surface area (Å²) in [6.45, 7) is 4.84. The van der Waals surface area contributed by atoms with Crippen molar-refractivity contribution in [2.75, 3.05) is 13.1 Å². The van der Waals surface area contributed by atoms with Crippen molar-refractivity contribution in [2.45, 2.75) is 52.0 Å². The molecule has 4 aromatic carbocycles. The third kappa shape index (κ3) is 10.8. The Hall–Kier alpha value is -5.18. The van der Waals surface area contributed by atoms with E-state index in [2.05, 4.69) is 10.6 Å². The Labute approximate surface area is 263 Å². The summed E-state index contributed by atoms with van der Waals surface area (Å²) in [5, 5.41) is 7.34. The first kappa shape index (κ1) is 32.7. The second-order valence-electron chi connectivity index (χ2n) is 11.7. The molecule has 9 nitrogen and oxygen atoms in total. The molecule has 1 atom stereocenters. The Bertz CT molecular complexity index is 1600. The second kappa shape index (κ2) is 15.5. The third-order valence-corrected chi connectivity index (χ3v) is 6.77. The van der Waals surface area contributed by atoms with Gasteiger partial charge in [0.05, 0.1) is 13.1 Å². The number of nitrogens with zero attached hydrogens (tertiary/aromatic N) is 1. The summed E-state index contributed by atoms with van der Waals surface area (Å²) in [6, 6.07) is 31.1. The Morgan fingerprint density at radius 1 is 0.756 bits per heavy atom. The number of ether oxygens (including phenoxy) is 2. The van der Waals surface area contributed by atoms with Crippen LogP contribution in [0.2, 0.25) is 0 Å². The monoisotopic (exact) mass is 609 g/mol. The number of Topliss-reactive ketones (excluding diaryl/α,β-unsaturated/α-hetero) is 1. The van der Waals surface area contributed by atoms with Crippen molar-refractivity contribution in [1.82, 2.24) is 15.5 Å². The average Bonchev–Trinajstić information content (AvgIpc) is 3.02. The van der Waals surface area contributed by atoms with Gasteiger partial charge in [-0.25, -0.2) is 9.59 Å². The molecule has 0 aliphatic carbocycles. The van der Waals surface area contributed by atoms with Crippen molar-refractivity contribution in [3.05, 3.63) is 120 Å². The van der Waals surface area contributed by atoms with Gasteiger partial charge in [0.2, 0.25) is 5.91 Å². The summed E-state index contributed by atoms with van der Waals surface area (Å²) in [5.41, 5.74) is 1.70. The van der Waals surface area contributed by atoms with Crippen molar-refractivity contribution in [3.8, 4) is 0 Å². The number of hydrogen-bond donors (Lipinski definition) is 2. The fourth-order valence-electron chi connectivity index (χ4n) is 4.61. The fourth-order valence-corrected chi connectivity index (χ4v) is 4.61. The highest BCUT2D eigenvalue weighted by molar-refractivity contribution is 5.92. The zero-order chi connectivity index (χ0) is 32.2. The van der Waals surface area contributed by atoms with Crippen molar-refractivity contribution >= 4 is 34.6 Å². The van der Waals surface area contributed by atoms with Crippen LogP contribution in [0.4, 0.5) is 9.59 Å². The molecule has 0 heterocycles. The SMILES string of the molecule is CC(C)(C)OC(=O)N(CC(=O)CNC(=O)[C@H](Cc1ccc2ccccc2c1)NC(=O)OCc1ccccc1)Cc1ccccc1. The predicted octanol–water partition coefficient (Wildman–Crippen LogP) is 5.80. The minimum absolute atomic E-state index is 0.0391. The van der Waals surface area contributed by atoms with Crippen LogP contribution < -0.4 is 10.6 Å². The lowest BCUT2D eigenvalue weighted by Crippen LogP contribution is -2.50. The number of benzene rings is 4. The lowest BCUT2D eigenvalue weighted by atomic mass is 10.0. The van der Waals surface area contributed by atoms with Crippen molar-refractivity contribution in [1.29, 1.82) is 0 Å². The standard InChI is InChI=1S/C36H39N3O6/c1-36(2,3)45-35(43)39(23-26-12-6-4-7-13-26)24-31(40)22-37-33(41)32(38-34(42)44-25-27-14-8-5-9-15-27)21-28-18-19-29-16-10-11-17-30(29)20-28/h4-20,32H,21-25H2,1-3H3,(H,37,41)(H,38,42)/t32-/m0/s1. The molecule has 0 bridgehead atoms. The smallest absolute Gasteiger partial charge is 0.410 e. The molecule has 4 rings (SSSR count). The highest BCUT2D eigenvalue weighted by Gasteiger charge is 2.26. The summed E-state index contributed by atoms with van der Waals surface area (Å²) in [5.74, 6) is -0.957. The summed E-state index contributed by atoms with van der Waals surface area (Å²) in [7, 11) is 0. The van der Waals surface area contributed by atoms with Gasteiger partial charge in [-0.05, 0) is 48.2 Å². The van der Waals surface area contributed by atoms with E-state index in [0.717, 1.165) is 27.5 Å². The number of ketones is 1. The van der Waals surface area contributed by atoms with Gasteiger partial charge in [-0.3, -0.25) is 14.5 Å². The van der Waals surface area contributed by atoms with E-state index in [-0.39, 0.29) is 32.7 Å². The number of carbonyl (C=O) groups is 4. The molecule has 0 saturated heterocycles. The quantitative estimate of drug-likeness (QED) is 0.210. The normalized spacial score (nSPS) is 11.7. The van der Waals surface area contributed by atoms with Crippen molar-refractivity contribution in [3.63, 3.8) is 0 Å². The van der Waals surface area contributed by atoms with Gasteiger partial charge < -0.3 is 20.1 Å². The van der Waals surface area contributed by atoms with Crippen LogP contribution in [0.3, 0.4) is 0 Å². The number of hydrogen-bond acceptors (Lipinski definition) is 6. The Morgan fingerprint density at radius 2 is 1.38 bits per heavy atom. The number of amides is 3. The van der Waals surface area contributed by atoms with Gasteiger partial charge in [0.25, 0.3) is 0 Å². The lowest BCUT2D eigenvalue weighted by molar-refractivity contribution is -0.126. The first-order valence-corrected chi connectivity index (χ1v) is 14.8. The van der Waals surface area contributed by atoms with Gasteiger partial charge in [-0.15, -0.1) is 0 Å². The maximum absolute atomic E-state index is 13.4. The molecule has 0 radical (unpaired) electrons. The highest BCUT2D eigenvalue weighted by atomic mass is 16.6. The fraction of sp³-hybridized carbons (Fsp3) is 0.278. The summed E-state index contributed by atoms with van der Waals surface area (Å²) in [6.07, 6.45) is -1.23. The van der Waals surface area contributed by atoms with Crippen LogP contribution in [0, 0.1) is 0 Å². The van der Waals surface area contributed by atoms with E-state index in [9.17, 15) is 19.2 Å². The Morgan fingerprint density at radius 3 is 2.04 bits per heavy atom. The van der Waals surface area contributed by atoms with Gasteiger partial charge in [0, 0.05) is 13.0 Å². The molecular formula is C36H39N3O6. The van der Waals surface area contributed by atoms with E-state index in [1.807, 2.05) is 103 Å². The molecule has 0 saturated carbocycles. The van der Waals surface area contributed by atoms with Crippen LogP contribution in [0.25, 0.3) is 10.8 Å². The van der Waals surface area contributed by atoms with E-state index in [1.54, 1.807) is 20.8 Å². The van der Waals surface area contributed by atoms with E-state index in [1.165, 1.54) is 4.90 Å². The van der Waals surface area contributed by atoms with Crippen LogP contribution >= 0.6 is 0 Å². The molecule has 0 aromatic heterocycles. The topological polar surface area (TPSA) is 114 Å². The van der Waals surface area contributed by atoms with E-state index < -0.39 is 35.5 Å². The molecule has 0 unspecified atom stereocenters. The first-order valence-electron chi connectivity index (χ1n) is 14.8. The molecule has 0 aliphatic rings. The minimum Gasteiger partial charge on any atom is -0.445 e. The summed E-state index contributed by atoms with van der Waals surface area (Å²) < 4.78 is 10.9. The summed E-state index contributed by atoms with van der Waals surface area (Å²) >= 11 is 0. The zero-order valence-corrected chi connectivity index (χ0v) is 25.8. The van der Waals surface area contributed by atoms with Crippen molar-refractivity contribution in [2.24, 2.45) is 0 Å². The van der Waals surface area contributed by atoms with Crippen LogP contribution in [-0.2, 0) is 38.6 Å². The summed E-state index contributed by atoms with van der Waals surface area (Å²) in [4.78, 5) is 53.4. The van der Waals surface area contributed by atoms with Crippen LogP contribution in [0.5, 0.6) is 0 Å². The Balaban J connectivity index is 1.42. The minimum atomic E-state index is -1.02. The third-order valence-electron chi connectivity index (χ3n) is 6.77. The molecule has 2 N–H and O–H groups in total. The second-order valence-corrected chi connectivity index (χ2v) is 11.7. The maximum atomic E-state index is 13.4. The van der Waals surface area contributed by atoms with Gasteiger partial charge in [0.15, 0.2) is 5.78 Å². The molecule has 0 aliphatic heterocycles. The number of nitrogens with one attached hydrogen (secondary N) is 2. The zero-order valence-electron chi connectivity index (χ0n) is 25.8. The first-order chi connectivity index (χ1) is 21.6. The lowest BCUT2D eigenvalue weighted by Gasteiger charge is -2.27. The number of rotatable bonds is 12. The highest BCUT2D eigenvalue weighted by Crippen LogP contribution is 2.17. The van der Waals surface area contributed by atoms with Crippen molar-refractivity contribution < 1.29 is 28.7 Å². The molecule has 3 amide bonds. The van der Waals surface area contributed by atoms with Crippen LogP contribution in [0.15, 0.2) is 103 Å². The van der Waals surface area contributed by atoms with Crippen LogP contribution in [-0.4, -0.2) is 53.5 Å². The number of carbonyl (C=O) groups excluding carboxylic acids is 4. The number of alkyl carbamates (subject to hydrolysis) is 1. The van der Waals surface area contributed by atoms with Gasteiger partial charge in [-0.2, -0.15) is 0 Å². The van der Waals surface area contributed by atoms with E-state index in [0.29, 0.717) is 0 Å². The molecule has 9 heteroatoms. The van der Waals surface area contributed by atoms with E-state index in [4.69, 9.17) is 9.47 Å².